The molecule has 2 fully saturated rings. The van der Waals surface area contributed by atoms with Gasteiger partial charge in [-0.3, -0.25) is 4.79 Å². The Morgan fingerprint density at radius 3 is 2.94 bits per heavy atom. The highest BCUT2D eigenvalue weighted by atomic mass is 35.5. The number of anilines is 2. The number of nitrogens with zero attached hydrogens (tertiary/aromatic N) is 1. The zero-order valence-corrected chi connectivity index (χ0v) is 19.7. The molecule has 3 N–H and O–H groups in total. The second kappa shape index (κ2) is 10.3. The number of amides is 1. The maximum absolute atomic E-state index is 14.5. The highest BCUT2D eigenvalue weighted by molar-refractivity contribution is 6.33. The van der Waals surface area contributed by atoms with Crippen LogP contribution in [0.5, 0.6) is 0 Å². The number of carbonyl (C=O) groups is 1. The van der Waals surface area contributed by atoms with Crippen molar-refractivity contribution in [1.29, 1.82) is 0 Å². The number of pyridine rings is 1. The lowest BCUT2D eigenvalue weighted by Gasteiger charge is -2.35. The van der Waals surface area contributed by atoms with Gasteiger partial charge < -0.3 is 25.4 Å². The van der Waals surface area contributed by atoms with Crippen LogP contribution < -0.4 is 16.0 Å². The van der Waals surface area contributed by atoms with Crippen LogP contribution in [0.2, 0.25) is 5.02 Å². The van der Waals surface area contributed by atoms with Crippen molar-refractivity contribution in [2.45, 2.75) is 38.4 Å². The summed E-state index contributed by atoms with van der Waals surface area (Å²) in [6.07, 6.45) is 3.15. The van der Waals surface area contributed by atoms with E-state index in [9.17, 15) is 9.18 Å². The molecule has 2 atom stereocenters. The van der Waals surface area contributed by atoms with Crippen LogP contribution in [0.25, 0.3) is 11.1 Å². The lowest BCUT2D eigenvalue weighted by Crippen LogP contribution is -2.44. The number of piperidine rings is 1. The van der Waals surface area contributed by atoms with Gasteiger partial charge in [-0.05, 0) is 57.0 Å². The maximum atomic E-state index is 14.5. The molecule has 33 heavy (non-hydrogen) atoms. The second-order valence-electron chi connectivity index (χ2n) is 9.16. The van der Waals surface area contributed by atoms with Crippen molar-refractivity contribution in [2.24, 2.45) is 5.92 Å². The van der Waals surface area contributed by atoms with Gasteiger partial charge in [0.25, 0.3) is 0 Å². The number of ether oxygens (including phenoxy) is 2. The van der Waals surface area contributed by atoms with E-state index in [1.165, 1.54) is 12.3 Å². The Hall–Kier alpha value is -2.26. The van der Waals surface area contributed by atoms with Crippen LogP contribution in [-0.4, -0.2) is 55.4 Å². The summed E-state index contributed by atoms with van der Waals surface area (Å²) in [5.74, 6) is -0.112. The van der Waals surface area contributed by atoms with Crippen molar-refractivity contribution in [2.75, 3.05) is 43.5 Å². The van der Waals surface area contributed by atoms with Crippen LogP contribution in [-0.2, 0) is 14.3 Å². The summed E-state index contributed by atoms with van der Waals surface area (Å²) < 4.78 is 26.1. The molecule has 1 aromatic carbocycles. The molecule has 0 spiro atoms. The van der Waals surface area contributed by atoms with Gasteiger partial charge >= 0.3 is 0 Å². The first-order valence-electron chi connectivity index (χ1n) is 11.3. The number of benzene rings is 1. The molecular weight excluding hydrogens is 447 g/mol. The van der Waals surface area contributed by atoms with Gasteiger partial charge in [0, 0.05) is 24.8 Å². The third kappa shape index (κ3) is 6.20. The quantitative estimate of drug-likeness (QED) is 0.582. The number of aromatic nitrogens is 1. The van der Waals surface area contributed by atoms with Gasteiger partial charge in [0.1, 0.15) is 11.6 Å². The standard InChI is InChI=1S/C24H30ClFN4O3/c1-24(2)14-32-17(13-33-24)11-28-21-8-15(5-6-20(21)26)18-9-22(29-12-19(18)25)30-23(31)16-4-3-7-27-10-16/h5-6,8-9,12,16-17,27-28H,3-4,7,10-11,13-14H2,1-2H3,(H,29,30,31)/t16-,17+/m1/s1. The predicted molar refractivity (Wildman–Crippen MR) is 127 cm³/mol. The maximum Gasteiger partial charge on any atom is 0.229 e. The van der Waals surface area contributed by atoms with Gasteiger partial charge in [0.05, 0.1) is 41.5 Å². The van der Waals surface area contributed by atoms with Crippen LogP contribution >= 0.6 is 11.6 Å². The molecule has 2 aliphatic rings. The lowest BCUT2D eigenvalue weighted by molar-refractivity contribution is -0.170. The minimum atomic E-state index is -0.376. The van der Waals surface area contributed by atoms with Gasteiger partial charge in [-0.1, -0.05) is 17.7 Å². The Labute approximate surface area is 198 Å². The Kier molecular flexibility index (Phi) is 7.48. The number of rotatable bonds is 6. The smallest absolute Gasteiger partial charge is 0.229 e. The van der Waals surface area contributed by atoms with Crippen molar-refractivity contribution in [3.8, 4) is 11.1 Å². The number of nitrogens with one attached hydrogen (secondary N) is 3. The summed E-state index contributed by atoms with van der Waals surface area (Å²) in [6, 6.07) is 6.46. The monoisotopic (exact) mass is 476 g/mol. The topological polar surface area (TPSA) is 84.5 Å². The Morgan fingerprint density at radius 2 is 2.21 bits per heavy atom. The van der Waals surface area contributed by atoms with Gasteiger partial charge in [-0.2, -0.15) is 0 Å². The molecule has 178 valence electrons. The zero-order valence-electron chi connectivity index (χ0n) is 18.9. The minimum Gasteiger partial charge on any atom is -0.380 e. The van der Waals surface area contributed by atoms with E-state index < -0.39 is 0 Å². The van der Waals surface area contributed by atoms with Crippen molar-refractivity contribution < 1.29 is 18.7 Å². The van der Waals surface area contributed by atoms with Gasteiger partial charge in [0.15, 0.2) is 0 Å². The zero-order chi connectivity index (χ0) is 23.4. The van der Waals surface area contributed by atoms with E-state index in [2.05, 4.69) is 20.9 Å². The van der Waals surface area contributed by atoms with Crippen molar-refractivity contribution in [3.63, 3.8) is 0 Å². The fraction of sp³-hybridized carbons (Fsp3) is 0.500. The van der Waals surface area contributed by atoms with E-state index in [4.69, 9.17) is 21.1 Å². The molecular formula is C24H30ClFN4O3. The molecule has 1 aromatic heterocycles. The van der Waals surface area contributed by atoms with Crippen molar-refractivity contribution in [1.82, 2.24) is 10.3 Å². The number of carbonyl (C=O) groups excluding carboxylic acids is 1. The molecule has 2 aromatic rings. The summed E-state index contributed by atoms with van der Waals surface area (Å²) in [5, 5.41) is 9.65. The molecule has 0 bridgehead atoms. The largest absolute Gasteiger partial charge is 0.380 e. The van der Waals surface area contributed by atoms with E-state index in [-0.39, 0.29) is 29.3 Å². The molecule has 0 aliphatic carbocycles. The van der Waals surface area contributed by atoms with Gasteiger partial charge in [-0.15, -0.1) is 0 Å². The third-order valence-corrected chi connectivity index (χ3v) is 6.20. The lowest BCUT2D eigenvalue weighted by atomic mass is 9.99. The number of hydrogen-bond acceptors (Lipinski definition) is 6. The normalized spacial score (nSPS) is 22.5. The average Bonchev–Trinajstić information content (AvgIpc) is 2.81. The molecule has 2 aliphatic heterocycles. The van der Waals surface area contributed by atoms with E-state index in [0.29, 0.717) is 54.0 Å². The van der Waals surface area contributed by atoms with Crippen LogP contribution in [0.15, 0.2) is 30.5 Å². The van der Waals surface area contributed by atoms with E-state index in [1.54, 1.807) is 18.2 Å². The Bertz CT molecular complexity index is 988. The Morgan fingerprint density at radius 1 is 1.36 bits per heavy atom. The first kappa shape index (κ1) is 23.9. The fourth-order valence-electron chi connectivity index (χ4n) is 3.93. The van der Waals surface area contributed by atoms with Crippen LogP contribution in [0.4, 0.5) is 15.9 Å². The van der Waals surface area contributed by atoms with Crippen LogP contribution in [0.1, 0.15) is 26.7 Å². The number of hydrogen-bond donors (Lipinski definition) is 3. The number of halogens is 2. The molecule has 1 amide bonds. The summed E-state index contributed by atoms with van der Waals surface area (Å²) >= 11 is 6.40. The first-order chi connectivity index (χ1) is 15.8. The average molecular weight is 477 g/mol. The molecule has 7 nitrogen and oxygen atoms in total. The van der Waals surface area contributed by atoms with Crippen LogP contribution in [0, 0.1) is 11.7 Å². The summed E-state index contributed by atoms with van der Waals surface area (Å²) in [4.78, 5) is 16.8. The SMILES string of the molecule is CC1(C)CO[C@@H](CNc2cc(-c3cc(NC(=O)[C@@H]4CCCNC4)ncc3Cl)ccc2F)CO1. The van der Waals surface area contributed by atoms with Gasteiger partial charge in [-0.25, -0.2) is 9.37 Å². The van der Waals surface area contributed by atoms with Gasteiger partial charge in [0.2, 0.25) is 5.91 Å². The van der Waals surface area contributed by atoms with Crippen molar-refractivity contribution >= 4 is 29.0 Å². The summed E-state index contributed by atoms with van der Waals surface area (Å²) in [7, 11) is 0. The summed E-state index contributed by atoms with van der Waals surface area (Å²) in [6.45, 7) is 6.88. The molecule has 3 heterocycles. The third-order valence-electron chi connectivity index (χ3n) is 5.90. The molecule has 0 radical (unpaired) electrons. The van der Waals surface area contributed by atoms with Crippen LogP contribution in [0.3, 0.4) is 0 Å². The first-order valence-corrected chi connectivity index (χ1v) is 11.6. The fourth-order valence-corrected chi connectivity index (χ4v) is 4.14. The van der Waals surface area contributed by atoms with Crippen molar-refractivity contribution in [3.05, 3.63) is 41.3 Å². The highest BCUT2D eigenvalue weighted by Gasteiger charge is 2.28. The second-order valence-corrected chi connectivity index (χ2v) is 9.57. The van der Waals surface area contributed by atoms with E-state index in [0.717, 1.165) is 19.4 Å². The molecule has 4 rings (SSSR count). The Balaban J connectivity index is 1.45. The molecule has 2 saturated heterocycles. The predicted octanol–water partition coefficient (Wildman–Crippen LogP) is 4.09. The molecule has 0 saturated carbocycles. The summed E-state index contributed by atoms with van der Waals surface area (Å²) in [5.41, 5.74) is 1.40. The molecule has 0 unspecified atom stereocenters. The van der Waals surface area contributed by atoms with E-state index >= 15 is 0 Å². The highest BCUT2D eigenvalue weighted by Crippen LogP contribution is 2.32. The molecule has 9 heteroatoms. The minimum absolute atomic E-state index is 0.0673. The van der Waals surface area contributed by atoms with E-state index in [1.807, 2.05) is 13.8 Å².